The molecule has 0 bridgehead atoms. The van der Waals surface area contributed by atoms with E-state index in [1.165, 1.54) is 5.56 Å². The van der Waals surface area contributed by atoms with Crippen LogP contribution in [0, 0.1) is 11.3 Å². The van der Waals surface area contributed by atoms with Crippen LogP contribution < -0.4 is 14.2 Å². The number of nitrogens with zero attached hydrogens (tertiary/aromatic N) is 2. The van der Waals surface area contributed by atoms with Gasteiger partial charge in [0.25, 0.3) is 0 Å². The maximum absolute atomic E-state index is 10.3. The fraction of sp³-hybridized carbons (Fsp3) is 0.269. The number of methoxy groups -OCH3 is 3. The van der Waals surface area contributed by atoms with Crippen LogP contribution in [0.2, 0.25) is 0 Å². The summed E-state index contributed by atoms with van der Waals surface area (Å²) in [7, 11) is 4.92. The Labute approximate surface area is 183 Å². The van der Waals surface area contributed by atoms with Crippen molar-refractivity contribution < 1.29 is 14.2 Å². The summed E-state index contributed by atoms with van der Waals surface area (Å²) in [5, 5.41) is 10.3. The maximum atomic E-state index is 10.3. The maximum Gasteiger partial charge on any atom is 0.161 e. The number of hydrogen-bond acceptors (Lipinski definition) is 5. The average Bonchev–Trinajstić information content (AvgIpc) is 2.83. The molecular formula is C26H26N2O3. The van der Waals surface area contributed by atoms with Crippen molar-refractivity contribution in [3.8, 4) is 23.3 Å². The van der Waals surface area contributed by atoms with Crippen LogP contribution in [0.5, 0.6) is 17.2 Å². The van der Waals surface area contributed by atoms with Crippen LogP contribution in [0.15, 0.2) is 66.7 Å². The molecule has 0 N–H and O–H groups in total. The lowest BCUT2D eigenvalue weighted by molar-refractivity contribution is 0.151. The van der Waals surface area contributed by atoms with Crippen molar-refractivity contribution in [3.63, 3.8) is 0 Å². The molecule has 2 atom stereocenters. The molecular weight excluding hydrogens is 388 g/mol. The minimum Gasteiger partial charge on any atom is -0.497 e. The first kappa shape index (κ1) is 20.8. The van der Waals surface area contributed by atoms with E-state index < -0.39 is 0 Å². The van der Waals surface area contributed by atoms with Crippen molar-refractivity contribution in [1.29, 1.82) is 5.26 Å². The number of benzene rings is 3. The summed E-state index contributed by atoms with van der Waals surface area (Å²) in [5.74, 6) is 1.78. The number of nitriles is 1. The van der Waals surface area contributed by atoms with Gasteiger partial charge in [-0.25, -0.2) is 0 Å². The van der Waals surface area contributed by atoms with E-state index >= 15 is 0 Å². The molecule has 2 unspecified atom stereocenters. The van der Waals surface area contributed by atoms with Gasteiger partial charge in [0.2, 0.25) is 0 Å². The van der Waals surface area contributed by atoms with E-state index in [0.29, 0.717) is 18.0 Å². The fourth-order valence-corrected chi connectivity index (χ4v) is 4.38. The molecule has 5 heteroatoms. The van der Waals surface area contributed by atoms with Gasteiger partial charge in [-0.15, -0.1) is 0 Å². The molecule has 4 rings (SSSR count). The highest BCUT2D eigenvalue weighted by atomic mass is 16.5. The van der Waals surface area contributed by atoms with Gasteiger partial charge in [-0.05, 0) is 46.5 Å². The van der Waals surface area contributed by atoms with Crippen LogP contribution in [-0.4, -0.2) is 26.2 Å². The Morgan fingerprint density at radius 1 is 0.903 bits per heavy atom. The van der Waals surface area contributed by atoms with E-state index in [-0.39, 0.29) is 12.0 Å². The summed E-state index contributed by atoms with van der Waals surface area (Å²) in [6.07, 6.45) is 0. The number of ether oxygens (including phenoxy) is 3. The Hall–Kier alpha value is -3.49. The molecule has 0 aliphatic carbocycles. The van der Waals surface area contributed by atoms with Crippen LogP contribution in [0.4, 0.5) is 0 Å². The molecule has 1 aliphatic rings. The minimum atomic E-state index is -0.347. The van der Waals surface area contributed by atoms with E-state index in [9.17, 15) is 5.26 Å². The zero-order valence-corrected chi connectivity index (χ0v) is 18.0. The summed E-state index contributed by atoms with van der Waals surface area (Å²) in [5.41, 5.74) is 4.38. The van der Waals surface area contributed by atoms with Gasteiger partial charge in [-0.3, -0.25) is 4.90 Å². The Morgan fingerprint density at radius 3 is 2.19 bits per heavy atom. The standard InChI is InChI=1S/C26H26N2O3/c1-29-21-11-9-19(10-12-21)26-23(15-27)22-14-25(31-3)24(30-2)13-20(22)17-28(26)16-18-7-5-4-6-8-18/h4-14,23,26H,16-17H2,1-3H3. The third-order valence-electron chi connectivity index (χ3n) is 5.89. The van der Waals surface area contributed by atoms with Crippen molar-refractivity contribution in [2.45, 2.75) is 25.0 Å². The summed E-state index contributed by atoms with van der Waals surface area (Å²) in [6.45, 7) is 1.45. The molecule has 1 heterocycles. The quantitative estimate of drug-likeness (QED) is 0.563. The van der Waals surface area contributed by atoms with Crippen LogP contribution in [0.25, 0.3) is 0 Å². The Bertz CT molecular complexity index is 1070. The number of rotatable bonds is 6. The van der Waals surface area contributed by atoms with Gasteiger partial charge >= 0.3 is 0 Å². The van der Waals surface area contributed by atoms with E-state index in [2.05, 4.69) is 35.2 Å². The highest BCUT2D eigenvalue weighted by Gasteiger charge is 2.37. The third kappa shape index (κ3) is 4.08. The molecule has 0 spiro atoms. The Kier molecular flexibility index (Phi) is 6.11. The first-order valence-electron chi connectivity index (χ1n) is 10.2. The molecule has 0 saturated carbocycles. The lowest BCUT2D eigenvalue weighted by Crippen LogP contribution is -2.36. The smallest absolute Gasteiger partial charge is 0.161 e. The first-order valence-corrected chi connectivity index (χ1v) is 10.2. The van der Waals surface area contributed by atoms with Crippen molar-refractivity contribution >= 4 is 0 Å². The molecule has 1 aliphatic heterocycles. The molecule has 3 aromatic rings. The summed E-state index contributed by atoms with van der Waals surface area (Å²) in [4.78, 5) is 2.36. The van der Waals surface area contributed by atoms with Crippen molar-refractivity contribution in [2.75, 3.05) is 21.3 Å². The molecule has 5 nitrogen and oxygen atoms in total. The summed E-state index contributed by atoms with van der Waals surface area (Å²) in [6, 6.07) is 24.8. The zero-order chi connectivity index (χ0) is 21.8. The van der Waals surface area contributed by atoms with Crippen molar-refractivity contribution in [2.24, 2.45) is 0 Å². The summed E-state index contributed by atoms with van der Waals surface area (Å²) >= 11 is 0. The van der Waals surface area contributed by atoms with Crippen LogP contribution in [0.1, 0.15) is 34.2 Å². The highest BCUT2D eigenvalue weighted by molar-refractivity contribution is 5.52. The molecule has 31 heavy (non-hydrogen) atoms. The van der Waals surface area contributed by atoms with Crippen molar-refractivity contribution in [3.05, 3.63) is 89.0 Å². The second-order valence-electron chi connectivity index (χ2n) is 7.62. The molecule has 3 aromatic carbocycles. The summed E-state index contributed by atoms with van der Waals surface area (Å²) < 4.78 is 16.4. The first-order chi connectivity index (χ1) is 15.2. The molecule has 0 saturated heterocycles. The van der Waals surface area contributed by atoms with Gasteiger partial charge in [-0.1, -0.05) is 42.5 Å². The zero-order valence-electron chi connectivity index (χ0n) is 18.0. The van der Waals surface area contributed by atoms with Crippen LogP contribution in [-0.2, 0) is 13.1 Å². The van der Waals surface area contributed by atoms with Gasteiger partial charge in [-0.2, -0.15) is 5.26 Å². The monoisotopic (exact) mass is 414 g/mol. The second kappa shape index (κ2) is 9.11. The van der Waals surface area contributed by atoms with Gasteiger partial charge < -0.3 is 14.2 Å². The molecule has 0 radical (unpaired) electrons. The largest absolute Gasteiger partial charge is 0.497 e. The van der Waals surface area contributed by atoms with E-state index in [1.54, 1.807) is 21.3 Å². The molecule has 0 aromatic heterocycles. The normalized spacial score (nSPS) is 18.0. The van der Waals surface area contributed by atoms with Gasteiger partial charge in [0, 0.05) is 13.1 Å². The predicted molar refractivity (Wildman–Crippen MR) is 119 cm³/mol. The third-order valence-corrected chi connectivity index (χ3v) is 5.89. The van der Waals surface area contributed by atoms with Gasteiger partial charge in [0.1, 0.15) is 5.75 Å². The second-order valence-corrected chi connectivity index (χ2v) is 7.62. The molecule has 158 valence electrons. The lowest BCUT2D eigenvalue weighted by atomic mass is 9.80. The van der Waals surface area contributed by atoms with Gasteiger partial charge in [0.05, 0.1) is 39.4 Å². The fourth-order valence-electron chi connectivity index (χ4n) is 4.38. The van der Waals surface area contributed by atoms with Crippen LogP contribution in [0.3, 0.4) is 0 Å². The SMILES string of the molecule is COc1ccc(C2C(C#N)c3cc(OC)c(OC)cc3CN2Cc2ccccc2)cc1. The van der Waals surface area contributed by atoms with Gasteiger partial charge in [0.15, 0.2) is 11.5 Å². The van der Waals surface area contributed by atoms with Crippen molar-refractivity contribution in [1.82, 2.24) is 4.90 Å². The Morgan fingerprint density at radius 2 is 1.58 bits per heavy atom. The molecule has 0 amide bonds. The number of hydrogen-bond donors (Lipinski definition) is 0. The topological polar surface area (TPSA) is 54.7 Å². The van der Waals surface area contributed by atoms with E-state index in [4.69, 9.17) is 14.2 Å². The predicted octanol–water partition coefficient (Wildman–Crippen LogP) is 5.08. The highest BCUT2D eigenvalue weighted by Crippen LogP contribution is 2.46. The van der Waals surface area contributed by atoms with E-state index in [1.807, 2.05) is 42.5 Å². The van der Waals surface area contributed by atoms with E-state index in [0.717, 1.165) is 29.0 Å². The van der Waals surface area contributed by atoms with Crippen LogP contribution >= 0.6 is 0 Å². The number of fused-ring (bicyclic) bond motifs is 1. The minimum absolute atomic E-state index is 0.0956. The molecule has 0 fully saturated rings. The average molecular weight is 415 g/mol. The Balaban J connectivity index is 1.82. The lowest BCUT2D eigenvalue weighted by Gasteiger charge is -2.40.